The van der Waals surface area contributed by atoms with Gasteiger partial charge in [0.05, 0.1) is 12.2 Å². The number of ketones is 1. The Morgan fingerprint density at radius 2 is 1.90 bits per heavy atom. The molecule has 0 saturated heterocycles. The van der Waals surface area contributed by atoms with Crippen molar-refractivity contribution >= 4 is 12.1 Å². The van der Waals surface area contributed by atoms with Crippen molar-refractivity contribution in [2.45, 2.75) is 6.92 Å². The lowest BCUT2D eigenvalue weighted by Gasteiger charge is -2.10. The predicted molar refractivity (Wildman–Crippen MR) is 79.3 cm³/mol. The molecule has 108 valence electrons. The molecule has 0 bridgehead atoms. The highest BCUT2D eigenvalue weighted by Gasteiger charge is 2.12. The molecule has 21 heavy (non-hydrogen) atoms. The molecular weight excluding hydrogens is 268 g/mol. The first-order valence-corrected chi connectivity index (χ1v) is 6.67. The third-order valence-corrected chi connectivity index (χ3v) is 2.85. The van der Waals surface area contributed by atoms with Crippen molar-refractivity contribution < 1.29 is 19.1 Å². The van der Waals surface area contributed by atoms with E-state index < -0.39 is 0 Å². The SMILES string of the molecule is CCOc1ccccc1C(=O)COc1cccc(C=O)c1. The summed E-state index contributed by atoms with van der Waals surface area (Å²) < 4.78 is 10.9. The van der Waals surface area contributed by atoms with Gasteiger partial charge in [0.25, 0.3) is 0 Å². The summed E-state index contributed by atoms with van der Waals surface area (Å²) in [5, 5.41) is 0. The van der Waals surface area contributed by atoms with Crippen molar-refractivity contribution in [3.05, 3.63) is 59.7 Å². The van der Waals surface area contributed by atoms with Crippen LogP contribution in [-0.4, -0.2) is 25.3 Å². The van der Waals surface area contributed by atoms with E-state index in [1.54, 1.807) is 42.5 Å². The average molecular weight is 284 g/mol. The zero-order valence-corrected chi connectivity index (χ0v) is 11.7. The fourth-order valence-electron chi connectivity index (χ4n) is 1.88. The average Bonchev–Trinajstić information content (AvgIpc) is 2.53. The van der Waals surface area contributed by atoms with E-state index in [4.69, 9.17) is 9.47 Å². The summed E-state index contributed by atoms with van der Waals surface area (Å²) in [6, 6.07) is 13.7. The number of hydrogen-bond acceptors (Lipinski definition) is 4. The number of carbonyl (C=O) groups excluding carboxylic acids is 2. The first-order chi connectivity index (χ1) is 10.2. The van der Waals surface area contributed by atoms with Crippen LogP contribution in [0.25, 0.3) is 0 Å². The van der Waals surface area contributed by atoms with Crippen molar-refractivity contribution in [3.8, 4) is 11.5 Å². The number of ether oxygens (including phenoxy) is 2. The fraction of sp³-hybridized carbons (Fsp3) is 0.176. The molecule has 0 spiro atoms. The number of Topliss-reactive ketones (excluding diaryl/α,β-unsaturated/α-hetero) is 1. The lowest BCUT2D eigenvalue weighted by molar-refractivity contribution is 0.0917. The Morgan fingerprint density at radius 1 is 1.10 bits per heavy atom. The summed E-state index contributed by atoms with van der Waals surface area (Å²) in [5.74, 6) is 0.868. The zero-order chi connectivity index (χ0) is 15.1. The van der Waals surface area contributed by atoms with Crippen LogP contribution in [0.2, 0.25) is 0 Å². The molecule has 0 aromatic heterocycles. The van der Waals surface area contributed by atoms with Gasteiger partial charge < -0.3 is 9.47 Å². The third kappa shape index (κ3) is 3.92. The molecule has 0 atom stereocenters. The summed E-state index contributed by atoms with van der Waals surface area (Å²) in [4.78, 5) is 22.9. The molecule has 0 amide bonds. The van der Waals surface area contributed by atoms with Crippen LogP contribution >= 0.6 is 0 Å². The Bertz CT molecular complexity index is 634. The maximum absolute atomic E-state index is 12.2. The van der Waals surface area contributed by atoms with Crippen molar-refractivity contribution in [2.24, 2.45) is 0 Å². The summed E-state index contributed by atoms with van der Waals surface area (Å²) in [5.41, 5.74) is 1.00. The standard InChI is InChI=1S/C17H16O4/c1-2-20-17-9-4-3-8-15(17)16(19)12-21-14-7-5-6-13(10-14)11-18/h3-11H,2,12H2,1H3. The quantitative estimate of drug-likeness (QED) is 0.579. The molecule has 0 aliphatic heterocycles. The minimum absolute atomic E-state index is 0.105. The molecule has 0 unspecified atom stereocenters. The lowest BCUT2D eigenvalue weighted by Crippen LogP contribution is -2.13. The number of hydrogen-bond donors (Lipinski definition) is 0. The van der Waals surface area contributed by atoms with Gasteiger partial charge in [0.2, 0.25) is 5.78 Å². The van der Waals surface area contributed by atoms with Crippen LogP contribution in [0.15, 0.2) is 48.5 Å². The van der Waals surface area contributed by atoms with E-state index >= 15 is 0 Å². The van der Waals surface area contributed by atoms with Gasteiger partial charge in [-0.15, -0.1) is 0 Å². The molecule has 0 heterocycles. The molecule has 2 aromatic carbocycles. The van der Waals surface area contributed by atoms with Crippen LogP contribution < -0.4 is 9.47 Å². The van der Waals surface area contributed by atoms with E-state index in [-0.39, 0.29) is 12.4 Å². The topological polar surface area (TPSA) is 52.6 Å². The van der Waals surface area contributed by atoms with Crippen LogP contribution in [0.4, 0.5) is 0 Å². The molecule has 4 nitrogen and oxygen atoms in total. The molecule has 2 rings (SSSR count). The fourth-order valence-corrected chi connectivity index (χ4v) is 1.88. The van der Waals surface area contributed by atoms with E-state index in [9.17, 15) is 9.59 Å². The van der Waals surface area contributed by atoms with Gasteiger partial charge in [0.15, 0.2) is 6.61 Å². The van der Waals surface area contributed by atoms with Crippen molar-refractivity contribution in [1.82, 2.24) is 0 Å². The molecule has 0 saturated carbocycles. The first kappa shape index (κ1) is 14.8. The van der Waals surface area contributed by atoms with Gasteiger partial charge in [-0.2, -0.15) is 0 Å². The largest absolute Gasteiger partial charge is 0.493 e. The van der Waals surface area contributed by atoms with Crippen molar-refractivity contribution in [1.29, 1.82) is 0 Å². The Kier molecular flexibility index (Phi) is 5.10. The van der Waals surface area contributed by atoms with Crippen molar-refractivity contribution in [3.63, 3.8) is 0 Å². The number of rotatable bonds is 7. The molecule has 0 aliphatic carbocycles. The predicted octanol–water partition coefficient (Wildman–Crippen LogP) is 3.16. The maximum Gasteiger partial charge on any atom is 0.203 e. The monoisotopic (exact) mass is 284 g/mol. The summed E-state index contributed by atoms with van der Waals surface area (Å²) in [6.45, 7) is 2.25. The highest BCUT2D eigenvalue weighted by atomic mass is 16.5. The highest BCUT2D eigenvalue weighted by Crippen LogP contribution is 2.19. The van der Waals surface area contributed by atoms with Gasteiger partial charge in [0.1, 0.15) is 17.8 Å². The molecule has 4 heteroatoms. The highest BCUT2D eigenvalue weighted by molar-refractivity contribution is 5.99. The minimum atomic E-state index is -0.171. The smallest absolute Gasteiger partial charge is 0.203 e. The summed E-state index contributed by atoms with van der Waals surface area (Å²) >= 11 is 0. The molecule has 2 aromatic rings. The van der Waals surface area contributed by atoms with Gasteiger partial charge in [-0.05, 0) is 31.2 Å². The molecule has 0 aliphatic rings. The van der Waals surface area contributed by atoms with E-state index in [2.05, 4.69) is 0 Å². The normalized spacial score (nSPS) is 9.95. The second kappa shape index (κ2) is 7.24. The lowest BCUT2D eigenvalue weighted by atomic mass is 10.1. The molecule has 0 fully saturated rings. The molecule has 0 radical (unpaired) electrons. The zero-order valence-electron chi connectivity index (χ0n) is 11.7. The van der Waals surface area contributed by atoms with Crippen LogP contribution in [0.5, 0.6) is 11.5 Å². The number of benzene rings is 2. The molecule has 0 N–H and O–H groups in total. The minimum Gasteiger partial charge on any atom is -0.493 e. The summed E-state index contributed by atoms with van der Waals surface area (Å²) in [6.07, 6.45) is 0.735. The van der Waals surface area contributed by atoms with Crippen molar-refractivity contribution in [2.75, 3.05) is 13.2 Å². The Balaban J connectivity index is 2.06. The van der Waals surface area contributed by atoms with Gasteiger partial charge in [-0.1, -0.05) is 24.3 Å². The number of aldehydes is 1. The Morgan fingerprint density at radius 3 is 2.67 bits per heavy atom. The Labute approximate surface area is 123 Å². The number of para-hydroxylation sites is 1. The van der Waals surface area contributed by atoms with Gasteiger partial charge in [0, 0.05) is 5.56 Å². The summed E-state index contributed by atoms with van der Waals surface area (Å²) in [7, 11) is 0. The van der Waals surface area contributed by atoms with Gasteiger partial charge >= 0.3 is 0 Å². The van der Waals surface area contributed by atoms with Crippen LogP contribution in [0.1, 0.15) is 27.6 Å². The van der Waals surface area contributed by atoms with E-state index in [0.717, 1.165) is 6.29 Å². The third-order valence-electron chi connectivity index (χ3n) is 2.85. The van der Waals surface area contributed by atoms with Gasteiger partial charge in [-0.25, -0.2) is 0 Å². The first-order valence-electron chi connectivity index (χ1n) is 6.67. The Hall–Kier alpha value is -2.62. The van der Waals surface area contributed by atoms with Crippen LogP contribution in [0, 0.1) is 0 Å². The maximum atomic E-state index is 12.2. The van der Waals surface area contributed by atoms with Crippen LogP contribution in [-0.2, 0) is 0 Å². The number of carbonyl (C=O) groups is 2. The molecular formula is C17H16O4. The second-order valence-electron chi connectivity index (χ2n) is 4.33. The van der Waals surface area contributed by atoms with E-state index in [0.29, 0.717) is 29.2 Å². The van der Waals surface area contributed by atoms with E-state index in [1.807, 2.05) is 13.0 Å². The van der Waals surface area contributed by atoms with Crippen LogP contribution in [0.3, 0.4) is 0 Å². The van der Waals surface area contributed by atoms with E-state index in [1.165, 1.54) is 0 Å². The second-order valence-corrected chi connectivity index (χ2v) is 4.33. The van der Waals surface area contributed by atoms with Gasteiger partial charge in [-0.3, -0.25) is 9.59 Å².